The fourth-order valence-electron chi connectivity index (χ4n) is 5.00. The third-order valence-electron chi connectivity index (χ3n) is 7.06. The number of nitrogens with one attached hydrogen (secondary N) is 2. The number of carbonyl (C=O) groups excluding carboxylic acids is 2. The van der Waals surface area contributed by atoms with Crippen molar-refractivity contribution in [3.05, 3.63) is 76.7 Å². The minimum absolute atomic E-state index is 0.172. The number of aromatic nitrogens is 4. The molecule has 0 spiro atoms. The van der Waals surface area contributed by atoms with Gasteiger partial charge < -0.3 is 24.5 Å². The van der Waals surface area contributed by atoms with Crippen molar-refractivity contribution in [1.29, 1.82) is 0 Å². The molecule has 2 N–H and O–H groups in total. The van der Waals surface area contributed by atoms with Crippen LogP contribution in [-0.2, 0) is 24.4 Å². The predicted octanol–water partition coefficient (Wildman–Crippen LogP) is 4.29. The number of pyridine rings is 1. The fraction of sp³-hybridized carbons (Fsp3) is 0.379. The molecule has 1 aliphatic rings. The molecule has 5 rings (SSSR count). The SMILES string of the molecule is CN1CCCn2c(-c3cc(Cl)ccc3F)nc(C(=O)N[C@H](C(=O)NCc3cn4ccccc4n3)C(C)(C)C)c2C1. The van der Waals surface area contributed by atoms with Crippen LogP contribution in [0.25, 0.3) is 17.0 Å². The summed E-state index contributed by atoms with van der Waals surface area (Å²) in [5, 5.41) is 6.22. The quantitative estimate of drug-likeness (QED) is 0.364. The number of halogens is 2. The minimum atomic E-state index is -0.857. The molecule has 40 heavy (non-hydrogen) atoms. The van der Waals surface area contributed by atoms with Crippen molar-refractivity contribution in [2.24, 2.45) is 5.41 Å². The molecule has 0 aliphatic carbocycles. The highest BCUT2D eigenvalue weighted by atomic mass is 35.5. The largest absolute Gasteiger partial charge is 0.349 e. The maximum absolute atomic E-state index is 14.9. The monoisotopic (exact) mass is 565 g/mol. The molecule has 1 aliphatic heterocycles. The predicted molar refractivity (Wildman–Crippen MR) is 151 cm³/mol. The van der Waals surface area contributed by atoms with Crippen molar-refractivity contribution in [2.45, 2.75) is 52.9 Å². The van der Waals surface area contributed by atoms with Crippen molar-refractivity contribution in [1.82, 2.24) is 34.5 Å². The number of imidazole rings is 2. The first-order valence-electron chi connectivity index (χ1n) is 13.3. The second kappa shape index (κ2) is 11.0. The molecule has 3 aromatic heterocycles. The van der Waals surface area contributed by atoms with E-state index in [2.05, 4.69) is 25.5 Å². The van der Waals surface area contributed by atoms with E-state index in [1.54, 1.807) is 0 Å². The molecule has 210 valence electrons. The lowest BCUT2D eigenvalue weighted by Gasteiger charge is -2.30. The maximum Gasteiger partial charge on any atom is 0.272 e. The number of nitrogens with zero attached hydrogens (tertiary/aromatic N) is 5. The van der Waals surface area contributed by atoms with Gasteiger partial charge in [-0.25, -0.2) is 14.4 Å². The number of fused-ring (bicyclic) bond motifs is 2. The third kappa shape index (κ3) is 5.73. The minimum Gasteiger partial charge on any atom is -0.349 e. The Labute approximate surface area is 237 Å². The van der Waals surface area contributed by atoms with Crippen LogP contribution in [0.5, 0.6) is 0 Å². The van der Waals surface area contributed by atoms with Crippen LogP contribution in [0.3, 0.4) is 0 Å². The van der Waals surface area contributed by atoms with Crippen LogP contribution in [0.1, 0.15) is 49.1 Å². The molecule has 0 fully saturated rings. The van der Waals surface area contributed by atoms with Crippen LogP contribution < -0.4 is 10.6 Å². The van der Waals surface area contributed by atoms with Crippen LogP contribution in [0.15, 0.2) is 48.8 Å². The Kier molecular flexibility index (Phi) is 7.65. The average Bonchev–Trinajstić information content (AvgIpc) is 3.42. The molecular formula is C29H33ClFN7O2. The van der Waals surface area contributed by atoms with Gasteiger partial charge in [0, 0.05) is 30.5 Å². The van der Waals surface area contributed by atoms with Gasteiger partial charge >= 0.3 is 0 Å². The zero-order valence-corrected chi connectivity index (χ0v) is 23.8. The average molecular weight is 566 g/mol. The van der Waals surface area contributed by atoms with Crippen LogP contribution in [-0.4, -0.2) is 55.3 Å². The molecule has 4 aromatic rings. The van der Waals surface area contributed by atoms with Gasteiger partial charge in [-0.2, -0.15) is 0 Å². The number of amides is 2. The first kappa shape index (κ1) is 27.8. The molecule has 0 saturated carbocycles. The number of hydrogen-bond donors (Lipinski definition) is 2. The van der Waals surface area contributed by atoms with Gasteiger partial charge in [-0.05, 0) is 55.8 Å². The Morgan fingerprint density at radius 1 is 1.15 bits per heavy atom. The molecular weight excluding hydrogens is 533 g/mol. The van der Waals surface area contributed by atoms with Crippen molar-refractivity contribution < 1.29 is 14.0 Å². The third-order valence-corrected chi connectivity index (χ3v) is 7.29. The fourth-order valence-corrected chi connectivity index (χ4v) is 5.18. The lowest BCUT2D eigenvalue weighted by Crippen LogP contribution is -2.53. The van der Waals surface area contributed by atoms with E-state index in [1.807, 2.05) is 67.4 Å². The summed E-state index contributed by atoms with van der Waals surface area (Å²) in [6.45, 7) is 7.72. The van der Waals surface area contributed by atoms with Crippen molar-refractivity contribution >= 4 is 29.1 Å². The summed E-state index contributed by atoms with van der Waals surface area (Å²) in [7, 11) is 1.97. The normalized spacial score (nSPS) is 14.9. The second-order valence-corrected chi connectivity index (χ2v) is 11.7. The number of rotatable bonds is 6. The molecule has 4 heterocycles. The zero-order chi connectivity index (χ0) is 28.6. The smallest absolute Gasteiger partial charge is 0.272 e. The van der Waals surface area contributed by atoms with E-state index < -0.39 is 23.2 Å². The Morgan fingerprint density at radius 3 is 2.70 bits per heavy atom. The van der Waals surface area contributed by atoms with Gasteiger partial charge in [0.1, 0.15) is 23.3 Å². The Hall–Kier alpha value is -3.76. The second-order valence-electron chi connectivity index (χ2n) is 11.3. The van der Waals surface area contributed by atoms with Gasteiger partial charge in [0.2, 0.25) is 5.91 Å². The van der Waals surface area contributed by atoms with E-state index in [0.29, 0.717) is 35.3 Å². The van der Waals surface area contributed by atoms with Crippen LogP contribution in [0.4, 0.5) is 4.39 Å². The van der Waals surface area contributed by atoms with Gasteiger partial charge in [-0.3, -0.25) is 9.59 Å². The van der Waals surface area contributed by atoms with E-state index in [-0.39, 0.29) is 23.7 Å². The number of benzene rings is 1. The van der Waals surface area contributed by atoms with Gasteiger partial charge in [0.05, 0.1) is 23.5 Å². The van der Waals surface area contributed by atoms with Crippen molar-refractivity contribution in [2.75, 3.05) is 13.6 Å². The zero-order valence-electron chi connectivity index (χ0n) is 23.0. The molecule has 0 saturated heterocycles. The maximum atomic E-state index is 14.9. The molecule has 2 amide bonds. The molecule has 0 unspecified atom stereocenters. The molecule has 1 atom stereocenters. The lowest BCUT2D eigenvalue weighted by molar-refractivity contribution is -0.125. The molecule has 0 radical (unpaired) electrons. The standard InChI is InChI=1S/C29H33ClFN7O2/c1-29(2,3)25(28(40)32-15-19-16-37-12-6-5-8-23(37)33-19)35-27(39)24-22-17-36(4)11-7-13-38(22)26(34-24)20-14-18(30)9-10-21(20)31/h5-6,8-10,12,14,16,25H,7,11,13,15,17H2,1-4H3,(H,32,40)(H,35,39)/t25-/m1/s1. The summed E-state index contributed by atoms with van der Waals surface area (Å²) in [4.78, 5) is 38.4. The van der Waals surface area contributed by atoms with Gasteiger partial charge in [0.25, 0.3) is 5.91 Å². The highest BCUT2D eigenvalue weighted by Gasteiger charge is 2.35. The summed E-state index contributed by atoms with van der Waals surface area (Å²) < 4.78 is 18.7. The van der Waals surface area contributed by atoms with Gasteiger partial charge in [-0.15, -0.1) is 0 Å². The first-order valence-corrected chi connectivity index (χ1v) is 13.6. The highest BCUT2D eigenvalue weighted by Crippen LogP contribution is 2.30. The van der Waals surface area contributed by atoms with Gasteiger partial charge in [-0.1, -0.05) is 38.4 Å². The summed E-state index contributed by atoms with van der Waals surface area (Å²) >= 11 is 6.18. The first-order chi connectivity index (χ1) is 19.0. The topological polar surface area (TPSA) is 96.6 Å². The van der Waals surface area contributed by atoms with Crippen molar-refractivity contribution in [3.8, 4) is 11.4 Å². The molecule has 0 bridgehead atoms. The van der Waals surface area contributed by atoms with E-state index >= 15 is 0 Å². The Morgan fingerprint density at radius 2 is 1.95 bits per heavy atom. The lowest BCUT2D eigenvalue weighted by atomic mass is 9.86. The van der Waals surface area contributed by atoms with Crippen LogP contribution in [0, 0.1) is 11.2 Å². The molecule has 9 nitrogen and oxygen atoms in total. The summed E-state index contributed by atoms with van der Waals surface area (Å²) in [6, 6.07) is 9.13. The summed E-state index contributed by atoms with van der Waals surface area (Å²) in [5.74, 6) is -0.948. The van der Waals surface area contributed by atoms with E-state index in [9.17, 15) is 14.0 Å². The summed E-state index contributed by atoms with van der Waals surface area (Å²) in [6.07, 6.45) is 4.56. The van der Waals surface area contributed by atoms with E-state index in [4.69, 9.17) is 11.6 Å². The Bertz CT molecular complexity index is 1540. The van der Waals surface area contributed by atoms with Gasteiger partial charge in [0.15, 0.2) is 5.69 Å². The van der Waals surface area contributed by atoms with Crippen molar-refractivity contribution in [3.63, 3.8) is 0 Å². The van der Waals surface area contributed by atoms with Crippen LogP contribution in [0.2, 0.25) is 5.02 Å². The van der Waals surface area contributed by atoms with E-state index in [0.717, 1.165) is 18.6 Å². The molecule has 11 heteroatoms. The number of carbonyl (C=O) groups is 2. The van der Waals surface area contributed by atoms with Crippen LogP contribution >= 0.6 is 11.6 Å². The summed E-state index contributed by atoms with van der Waals surface area (Å²) in [5.41, 5.74) is 1.96. The van der Waals surface area contributed by atoms with E-state index in [1.165, 1.54) is 18.2 Å². The number of hydrogen-bond acceptors (Lipinski definition) is 5. The Balaban J connectivity index is 1.42. The highest BCUT2D eigenvalue weighted by molar-refractivity contribution is 6.30. The molecule has 1 aromatic carbocycles.